The Hall–Kier alpha value is -2.28. The molecule has 0 unspecified atom stereocenters. The summed E-state index contributed by atoms with van der Waals surface area (Å²) < 4.78 is 7.31. The van der Waals surface area contributed by atoms with Crippen LogP contribution in [-0.4, -0.2) is 16.7 Å². The molecule has 0 aliphatic heterocycles. The normalized spacial score (nSPS) is 10.3. The molecule has 1 heterocycles. The second kappa shape index (κ2) is 4.77. The van der Waals surface area contributed by atoms with Crippen LogP contribution < -0.4 is 4.74 Å². The molecule has 0 fully saturated rings. The van der Waals surface area contributed by atoms with Gasteiger partial charge < -0.3 is 9.30 Å². The van der Waals surface area contributed by atoms with Crippen LogP contribution in [0.4, 0.5) is 0 Å². The third-order valence-corrected chi connectivity index (χ3v) is 3.53. The van der Waals surface area contributed by atoms with Gasteiger partial charge in [-0.25, -0.2) is 4.98 Å². The van der Waals surface area contributed by atoms with Crippen molar-refractivity contribution < 1.29 is 4.74 Å². The number of hydrogen-bond acceptors (Lipinski definition) is 3. The van der Waals surface area contributed by atoms with E-state index in [1.165, 1.54) is 0 Å². The number of benzene rings is 1. The Bertz CT molecular complexity index is 678. The highest BCUT2D eigenvalue weighted by Gasteiger charge is 2.17. The molecule has 2 aromatic rings. The maximum atomic E-state index is 9.17. The zero-order valence-electron chi connectivity index (χ0n) is 11.9. The van der Waals surface area contributed by atoms with Crippen LogP contribution in [0, 0.1) is 32.1 Å². The van der Waals surface area contributed by atoms with E-state index in [1.807, 2.05) is 32.4 Å². The minimum Gasteiger partial charge on any atom is -0.496 e. The molecule has 0 amide bonds. The molecule has 0 spiro atoms. The highest BCUT2D eigenvalue weighted by atomic mass is 16.5. The van der Waals surface area contributed by atoms with E-state index in [1.54, 1.807) is 13.4 Å². The monoisotopic (exact) mass is 255 g/mol. The van der Waals surface area contributed by atoms with Gasteiger partial charge in [0.05, 0.1) is 19.1 Å². The van der Waals surface area contributed by atoms with Crippen molar-refractivity contribution in [3.05, 3.63) is 34.8 Å². The molecule has 4 nitrogen and oxygen atoms in total. The third kappa shape index (κ3) is 1.97. The minimum atomic E-state index is 0.453. The molecule has 0 aliphatic rings. The lowest BCUT2D eigenvalue weighted by atomic mass is 9.95. The van der Waals surface area contributed by atoms with Crippen molar-refractivity contribution in [2.24, 2.45) is 7.05 Å². The van der Waals surface area contributed by atoms with Crippen LogP contribution in [0.5, 0.6) is 5.75 Å². The zero-order chi connectivity index (χ0) is 14.2. The summed E-state index contributed by atoms with van der Waals surface area (Å²) in [6, 6.07) is 4.20. The Labute approximate surface area is 113 Å². The number of aromatic nitrogens is 2. The SMILES string of the molecule is COc1c(C)cc(-c2c(C#N)ncn2C)c(C)c1C. The first-order valence-corrected chi connectivity index (χ1v) is 6.07. The van der Waals surface area contributed by atoms with Gasteiger partial charge in [0.15, 0.2) is 5.69 Å². The number of nitrogens with zero attached hydrogens (tertiary/aromatic N) is 3. The fraction of sp³-hybridized carbons (Fsp3) is 0.333. The van der Waals surface area contributed by atoms with E-state index >= 15 is 0 Å². The summed E-state index contributed by atoms with van der Waals surface area (Å²) in [6.07, 6.45) is 1.67. The van der Waals surface area contributed by atoms with Crippen molar-refractivity contribution >= 4 is 0 Å². The highest BCUT2D eigenvalue weighted by molar-refractivity contribution is 5.72. The lowest BCUT2D eigenvalue weighted by Gasteiger charge is -2.16. The molecule has 0 aliphatic carbocycles. The van der Waals surface area contributed by atoms with Gasteiger partial charge in [0.2, 0.25) is 0 Å². The Morgan fingerprint density at radius 2 is 1.95 bits per heavy atom. The Kier molecular flexibility index (Phi) is 3.30. The maximum absolute atomic E-state index is 9.17. The van der Waals surface area contributed by atoms with Crippen LogP contribution in [-0.2, 0) is 7.05 Å². The summed E-state index contributed by atoms with van der Waals surface area (Å²) >= 11 is 0. The summed E-state index contributed by atoms with van der Waals surface area (Å²) in [5.41, 5.74) is 5.62. The molecule has 2 rings (SSSR count). The lowest BCUT2D eigenvalue weighted by Crippen LogP contribution is -2.00. The molecular formula is C15H17N3O. The van der Waals surface area contributed by atoms with Crippen LogP contribution in [0.1, 0.15) is 22.4 Å². The molecule has 0 saturated carbocycles. The van der Waals surface area contributed by atoms with E-state index in [4.69, 9.17) is 4.74 Å². The van der Waals surface area contributed by atoms with Gasteiger partial charge in [-0.15, -0.1) is 0 Å². The summed E-state index contributed by atoms with van der Waals surface area (Å²) in [4.78, 5) is 4.12. The Balaban J connectivity index is 2.78. The molecule has 1 aromatic heterocycles. The van der Waals surface area contributed by atoms with Crippen molar-refractivity contribution in [1.29, 1.82) is 5.26 Å². The molecule has 0 saturated heterocycles. The van der Waals surface area contributed by atoms with Crippen LogP contribution in [0.25, 0.3) is 11.3 Å². The van der Waals surface area contributed by atoms with Gasteiger partial charge in [-0.05, 0) is 43.5 Å². The van der Waals surface area contributed by atoms with E-state index < -0.39 is 0 Å². The molecule has 0 atom stereocenters. The second-order valence-electron chi connectivity index (χ2n) is 4.69. The van der Waals surface area contributed by atoms with Crippen molar-refractivity contribution in [1.82, 2.24) is 9.55 Å². The molecule has 0 radical (unpaired) electrons. The smallest absolute Gasteiger partial charge is 0.166 e. The van der Waals surface area contributed by atoms with Gasteiger partial charge in [0.25, 0.3) is 0 Å². The molecular weight excluding hydrogens is 238 g/mol. The number of imidazole rings is 1. The second-order valence-corrected chi connectivity index (χ2v) is 4.69. The summed E-state index contributed by atoms with van der Waals surface area (Å²) in [5, 5.41) is 9.17. The van der Waals surface area contributed by atoms with Gasteiger partial charge in [0, 0.05) is 12.6 Å². The van der Waals surface area contributed by atoms with Crippen molar-refractivity contribution in [3.8, 4) is 23.1 Å². The molecule has 1 aromatic carbocycles. The number of nitriles is 1. The fourth-order valence-corrected chi connectivity index (χ4v) is 2.45. The van der Waals surface area contributed by atoms with E-state index in [9.17, 15) is 5.26 Å². The Morgan fingerprint density at radius 1 is 1.26 bits per heavy atom. The lowest BCUT2D eigenvalue weighted by molar-refractivity contribution is 0.408. The van der Waals surface area contributed by atoms with Crippen molar-refractivity contribution in [2.45, 2.75) is 20.8 Å². The quantitative estimate of drug-likeness (QED) is 0.829. The van der Waals surface area contributed by atoms with Crippen molar-refractivity contribution in [2.75, 3.05) is 7.11 Å². The van der Waals surface area contributed by atoms with Crippen LogP contribution in [0.15, 0.2) is 12.4 Å². The van der Waals surface area contributed by atoms with Gasteiger partial charge in [-0.2, -0.15) is 5.26 Å². The predicted molar refractivity (Wildman–Crippen MR) is 74.1 cm³/mol. The van der Waals surface area contributed by atoms with Gasteiger partial charge >= 0.3 is 0 Å². The van der Waals surface area contributed by atoms with Gasteiger partial charge in [-0.3, -0.25) is 0 Å². The number of hydrogen-bond donors (Lipinski definition) is 0. The first-order valence-electron chi connectivity index (χ1n) is 6.07. The van der Waals surface area contributed by atoms with E-state index in [0.717, 1.165) is 33.7 Å². The van der Waals surface area contributed by atoms with Crippen LogP contribution in [0.2, 0.25) is 0 Å². The number of ether oxygens (including phenoxy) is 1. The van der Waals surface area contributed by atoms with E-state index in [0.29, 0.717) is 5.69 Å². The van der Waals surface area contributed by atoms with Gasteiger partial charge in [-0.1, -0.05) is 0 Å². The fourth-order valence-electron chi connectivity index (χ4n) is 2.45. The molecule has 0 N–H and O–H groups in total. The summed E-state index contributed by atoms with van der Waals surface area (Å²) in [7, 11) is 3.58. The topological polar surface area (TPSA) is 50.8 Å². The first kappa shape index (κ1) is 13.2. The zero-order valence-corrected chi connectivity index (χ0v) is 11.9. The number of methoxy groups -OCH3 is 1. The molecule has 19 heavy (non-hydrogen) atoms. The largest absolute Gasteiger partial charge is 0.496 e. The van der Waals surface area contributed by atoms with Gasteiger partial charge in [0.1, 0.15) is 11.8 Å². The molecule has 4 heteroatoms. The highest BCUT2D eigenvalue weighted by Crippen LogP contribution is 2.35. The van der Waals surface area contributed by atoms with E-state index in [-0.39, 0.29) is 0 Å². The maximum Gasteiger partial charge on any atom is 0.166 e. The average molecular weight is 255 g/mol. The summed E-state index contributed by atoms with van der Waals surface area (Å²) in [5.74, 6) is 0.905. The standard InChI is InChI=1S/C15H17N3O/c1-9-6-12(10(2)11(3)15(9)19-5)14-13(7-16)17-8-18(14)4/h6,8H,1-5H3. The molecule has 98 valence electrons. The number of aryl methyl sites for hydroxylation is 2. The molecule has 0 bridgehead atoms. The first-order chi connectivity index (χ1) is 9.01. The summed E-state index contributed by atoms with van der Waals surface area (Å²) in [6.45, 7) is 6.09. The average Bonchev–Trinajstić information content (AvgIpc) is 2.75. The van der Waals surface area contributed by atoms with Crippen molar-refractivity contribution in [3.63, 3.8) is 0 Å². The minimum absolute atomic E-state index is 0.453. The van der Waals surface area contributed by atoms with E-state index in [2.05, 4.69) is 17.1 Å². The van der Waals surface area contributed by atoms with Crippen LogP contribution >= 0.6 is 0 Å². The third-order valence-electron chi connectivity index (χ3n) is 3.53. The van der Waals surface area contributed by atoms with Crippen LogP contribution in [0.3, 0.4) is 0 Å². The Morgan fingerprint density at radius 3 is 2.53 bits per heavy atom. The predicted octanol–water partition coefficient (Wildman–Crippen LogP) is 2.89. The number of rotatable bonds is 2.